The predicted octanol–water partition coefficient (Wildman–Crippen LogP) is 6.88. The minimum absolute atomic E-state index is 0.0335. The van der Waals surface area contributed by atoms with Gasteiger partial charge in [-0.2, -0.15) is 13.2 Å². The Labute approximate surface area is 229 Å². The standard InChI is InChI=1S/C27H31FN2OS.C2HF3O2/c1-27(2,3)21-9-7-19(8-10-21)18-30-15-13-23(14-16-30)29-26(31)25-12-11-24(32-25)20-5-4-6-22(28)17-20;3-2(4,5)1(6)7/h4-12,17,23H,13-16,18H2,1-3H3,(H,29,31);(H,6,7). The van der Waals surface area contributed by atoms with Gasteiger partial charge in [0.15, 0.2) is 0 Å². The van der Waals surface area contributed by atoms with Crippen molar-refractivity contribution in [1.82, 2.24) is 10.2 Å². The number of carboxylic acids is 1. The Balaban J connectivity index is 0.000000532. The van der Waals surface area contributed by atoms with Crippen LogP contribution in [0.25, 0.3) is 10.4 Å². The number of benzene rings is 2. The number of hydrogen-bond donors (Lipinski definition) is 2. The molecule has 0 bridgehead atoms. The number of thiophene rings is 1. The van der Waals surface area contributed by atoms with Crippen LogP contribution in [0.15, 0.2) is 60.7 Å². The molecule has 4 rings (SSSR count). The molecule has 1 aromatic heterocycles. The van der Waals surface area contributed by atoms with Gasteiger partial charge in [-0.1, -0.05) is 57.2 Å². The van der Waals surface area contributed by atoms with Crippen LogP contribution < -0.4 is 5.32 Å². The first-order valence-electron chi connectivity index (χ1n) is 12.5. The maximum atomic E-state index is 13.5. The monoisotopic (exact) mass is 564 g/mol. The molecule has 1 amide bonds. The van der Waals surface area contributed by atoms with Gasteiger partial charge in [-0.25, -0.2) is 9.18 Å². The molecule has 0 aliphatic carbocycles. The van der Waals surface area contributed by atoms with Crippen LogP contribution in [0, 0.1) is 5.82 Å². The van der Waals surface area contributed by atoms with Crippen LogP contribution in [0.1, 0.15) is 54.4 Å². The lowest BCUT2D eigenvalue weighted by Crippen LogP contribution is -2.44. The first kappa shape index (κ1) is 30.3. The molecule has 10 heteroatoms. The van der Waals surface area contributed by atoms with Crippen molar-refractivity contribution < 1.29 is 32.3 Å². The molecule has 2 aromatic carbocycles. The largest absolute Gasteiger partial charge is 0.490 e. The maximum absolute atomic E-state index is 13.5. The lowest BCUT2D eigenvalue weighted by molar-refractivity contribution is -0.192. The number of aliphatic carboxylic acids is 1. The Kier molecular flexibility index (Phi) is 9.90. The van der Waals surface area contributed by atoms with Gasteiger partial charge in [0.2, 0.25) is 0 Å². The van der Waals surface area contributed by atoms with Gasteiger partial charge < -0.3 is 10.4 Å². The Morgan fingerprint density at radius 1 is 1.00 bits per heavy atom. The average Bonchev–Trinajstić information content (AvgIpc) is 3.36. The van der Waals surface area contributed by atoms with E-state index < -0.39 is 12.1 Å². The second kappa shape index (κ2) is 12.7. The molecule has 210 valence electrons. The predicted molar refractivity (Wildman–Crippen MR) is 144 cm³/mol. The van der Waals surface area contributed by atoms with E-state index in [2.05, 4.69) is 55.3 Å². The van der Waals surface area contributed by atoms with Crippen molar-refractivity contribution in [2.75, 3.05) is 13.1 Å². The van der Waals surface area contributed by atoms with Crippen molar-refractivity contribution in [3.05, 3.63) is 82.5 Å². The highest BCUT2D eigenvalue weighted by Crippen LogP contribution is 2.29. The third kappa shape index (κ3) is 9.18. The zero-order valence-electron chi connectivity index (χ0n) is 22.0. The number of carbonyl (C=O) groups is 2. The van der Waals surface area contributed by atoms with Gasteiger partial charge in [0.1, 0.15) is 5.82 Å². The number of carboxylic acid groups (broad SMARTS) is 1. The third-order valence-corrected chi connectivity index (χ3v) is 7.46. The molecule has 0 atom stereocenters. The number of carbonyl (C=O) groups excluding carboxylic acids is 1. The van der Waals surface area contributed by atoms with Crippen molar-refractivity contribution in [3.8, 4) is 10.4 Å². The van der Waals surface area contributed by atoms with Crippen LogP contribution in [0.2, 0.25) is 0 Å². The number of nitrogens with zero attached hydrogens (tertiary/aromatic N) is 1. The van der Waals surface area contributed by atoms with Gasteiger partial charge in [-0.15, -0.1) is 11.3 Å². The summed E-state index contributed by atoms with van der Waals surface area (Å²) in [7, 11) is 0. The second-order valence-electron chi connectivity index (χ2n) is 10.4. The summed E-state index contributed by atoms with van der Waals surface area (Å²) >= 11 is 1.41. The molecule has 1 saturated heterocycles. The average molecular weight is 565 g/mol. The van der Waals surface area contributed by atoms with Crippen LogP contribution >= 0.6 is 11.3 Å². The van der Waals surface area contributed by atoms with Crippen LogP contribution in [-0.4, -0.2) is 47.2 Å². The molecule has 1 aliphatic rings. The molecule has 0 saturated carbocycles. The number of alkyl halides is 3. The number of hydrogen-bond acceptors (Lipinski definition) is 4. The summed E-state index contributed by atoms with van der Waals surface area (Å²) in [4.78, 5) is 25.7. The van der Waals surface area contributed by atoms with Gasteiger partial charge in [-0.05, 0) is 59.2 Å². The number of likely N-dealkylation sites (tertiary alicyclic amines) is 1. The summed E-state index contributed by atoms with van der Waals surface area (Å²) in [5, 5.41) is 10.3. The Morgan fingerprint density at radius 3 is 2.15 bits per heavy atom. The second-order valence-corrected chi connectivity index (χ2v) is 11.5. The minimum atomic E-state index is -5.08. The van der Waals surface area contributed by atoms with Crippen molar-refractivity contribution in [2.24, 2.45) is 0 Å². The summed E-state index contributed by atoms with van der Waals surface area (Å²) in [6.45, 7) is 9.61. The fourth-order valence-corrected chi connectivity index (χ4v) is 5.02. The number of piperidine rings is 1. The molecule has 0 unspecified atom stereocenters. The van der Waals surface area contributed by atoms with E-state index in [1.165, 1.54) is 34.6 Å². The fraction of sp³-hybridized carbons (Fsp3) is 0.379. The highest BCUT2D eigenvalue weighted by atomic mass is 32.1. The van der Waals surface area contributed by atoms with E-state index in [9.17, 15) is 22.4 Å². The normalized spacial score (nSPS) is 14.8. The van der Waals surface area contributed by atoms with E-state index in [-0.39, 0.29) is 23.2 Å². The molecule has 2 N–H and O–H groups in total. The number of nitrogens with one attached hydrogen (secondary N) is 1. The van der Waals surface area contributed by atoms with Gasteiger partial charge in [0.05, 0.1) is 4.88 Å². The van der Waals surface area contributed by atoms with E-state index in [1.54, 1.807) is 6.07 Å². The van der Waals surface area contributed by atoms with Crippen molar-refractivity contribution in [2.45, 2.75) is 57.8 Å². The molecule has 0 radical (unpaired) electrons. The topological polar surface area (TPSA) is 69.6 Å². The first-order chi connectivity index (χ1) is 18.2. The van der Waals surface area contributed by atoms with E-state index in [4.69, 9.17) is 9.90 Å². The van der Waals surface area contributed by atoms with Crippen LogP contribution in [0.3, 0.4) is 0 Å². The lowest BCUT2D eigenvalue weighted by Gasteiger charge is -2.32. The van der Waals surface area contributed by atoms with Crippen molar-refractivity contribution in [3.63, 3.8) is 0 Å². The van der Waals surface area contributed by atoms with Gasteiger partial charge in [0, 0.05) is 30.6 Å². The van der Waals surface area contributed by atoms with Crippen molar-refractivity contribution in [1.29, 1.82) is 0 Å². The van der Waals surface area contributed by atoms with Gasteiger partial charge >= 0.3 is 12.1 Å². The number of amides is 1. The lowest BCUT2D eigenvalue weighted by atomic mass is 9.86. The highest BCUT2D eigenvalue weighted by Gasteiger charge is 2.38. The highest BCUT2D eigenvalue weighted by molar-refractivity contribution is 7.17. The smallest absolute Gasteiger partial charge is 0.475 e. The zero-order valence-corrected chi connectivity index (χ0v) is 22.8. The minimum Gasteiger partial charge on any atom is -0.475 e. The molecule has 1 aliphatic heterocycles. The SMILES string of the molecule is CC(C)(C)c1ccc(CN2CCC(NC(=O)c3ccc(-c4cccc(F)c4)s3)CC2)cc1.O=C(O)C(F)(F)F. The van der Waals surface area contributed by atoms with E-state index in [0.29, 0.717) is 4.88 Å². The molecule has 3 aromatic rings. The Morgan fingerprint density at radius 2 is 1.62 bits per heavy atom. The van der Waals surface area contributed by atoms with Gasteiger partial charge in [-0.3, -0.25) is 9.69 Å². The Bertz CT molecular complexity index is 1260. The van der Waals surface area contributed by atoms with E-state index >= 15 is 0 Å². The molecule has 39 heavy (non-hydrogen) atoms. The summed E-state index contributed by atoms with van der Waals surface area (Å²) in [6, 6.07) is 19.4. The molecule has 1 fully saturated rings. The fourth-order valence-electron chi connectivity index (χ4n) is 4.12. The zero-order chi connectivity index (χ0) is 28.8. The number of rotatable bonds is 5. The maximum Gasteiger partial charge on any atom is 0.490 e. The molecular formula is C29H32F4N2O3S. The van der Waals surface area contributed by atoms with E-state index in [1.807, 2.05) is 18.2 Å². The van der Waals surface area contributed by atoms with Crippen LogP contribution in [0.5, 0.6) is 0 Å². The van der Waals surface area contributed by atoms with Crippen LogP contribution in [0.4, 0.5) is 17.6 Å². The van der Waals surface area contributed by atoms with Crippen molar-refractivity contribution >= 4 is 23.2 Å². The molecule has 2 heterocycles. The molecule has 5 nitrogen and oxygen atoms in total. The summed E-state index contributed by atoms with van der Waals surface area (Å²) in [5.41, 5.74) is 3.68. The first-order valence-corrected chi connectivity index (χ1v) is 13.3. The van der Waals surface area contributed by atoms with Crippen LogP contribution in [-0.2, 0) is 16.8 Å². The summed E-state index contributed by atoms with van der Waals surface area (Å²) < 4.78 is 45.2. The molecule has 0 spiro atoms. The summed E-state index contributed by atoms with van der Waals surface area (Å²) in [5.74, 6) is -3.06. The van der Waals surface area contributed by atoms with Gasteiger partial charge in [0.25, 0.3) is 5.91 Å². The van der Waals surface area contributed by atoms with E-state index in [0.717, 1.165) is 42.9 Å². The number of halogens is 4. The molecular weight excluding hydrogens is 532 g/mol. The quantitative estimate of drug-likeness (QED) is 0.332. The summed E-state index contributed by atoms with van der Waals surface area (Å²) in [6.07, 6.45) is -3.18. The Hall–Kier alpha value is -3.24. The third-order valence-electron chi connectivity index (χ3n) is 6.33.